The van der Waals surface area contributed by atoms with Crippen LogP contribution < -0.4 is 0 Å². The molecular weight excluding hydrogens is 240 g/mol. The second-order valence-corrected chi connectivity index (χ2v) is 4.51. The topological polar surface area (TPSA) is 56.7 Å². The van der Waals surface area contributed by atoms with Gasteiger partial charge in [-0.15, -0.1) is 11.6 Å². The van der Waals surface area contributed by atoms with Crippen LogP contribution in [0.3, 0.4) is 0 Å². The van der Waals surface area contributed by atoms with Crippen molar-refractivity contribution in [2.45, 2.75) is 32.1 Å². The van der Waals surface area contributed by atoms with Gasteiger partial charge in [0.1, 0.15) is 0 Å². The van der Waals surface area contributed by atoms with Gasteiger partial charge in [0.25, 0.3) is 5.89 Å². The highest BCUT2D eigenvalue weighted by atomic mass is 35.5. The van der Waals surface area contributed by atoms with Crippen LogP contribution in [0.1, 0.15) is 36.7 Å². The minimum Gasteiger partial charge on any atom is -0.334 e. The Balaban J connectivity index is 2.27. The van der Waals surface area contributed by atoms with Crippen molar-refractivity contribution in [3.63, 3.8) is 0 Å². The van der Waals surface area contributed by atoms with E-state index in [1.807, 2.05) is 14.0 Å². The number of halogens is 1. The van der Waals surface area contributed by atoms with Gasteiger partial charge in [0, 0.05) is 12.7 Å². The van der Waals surface area contributed by atoms with E-state index in [1.54, 1.807) is 10.9 Å². The Morgan fingerprint density at radius 3 is 2.88 bits per heavy atom. The Morgan fingerprint density at radius 1 is 1.53 bits per heavy atom. The fourth-order valence-electron chi connectivity index (χ4n) is 1.56. The summed E-state index contributed by atoms with van der Waals surface area (Å²) in [6.07, 6.45) is 3.55. The van der Waals surface area contributed by atoms with Crippen molar-refractivity contribution < 1.29 is 4.52 Å². The van der Waals surface area contributed by atoms with E-state index in [9.17, 15) is 0 Å². The fourth-order valence-corrected chi connectivity index (χ4v) is 1.87. The van der Waals surface area contributed by atoms with Crippen molar-refractivity contribution in [1.82, 2.24) is 19.9 Å². The lowest BCUT2D eigenvalue weighted by molar-refractivity contribution is 0.420. The summed E-state index contributed by atoms with van der Waals surface area (Å²) in [6.45, 7) is 4.03. The molecule has 92 valence electrons. The fraction of sp³-hybridized carbons (Fsp3) is 0.545. The predicted octanol–water partition coefficient (Wildman–Crippen LogP) is 2.86. The number of rotatable bonds is 4. The lowest BCUT2D eigenvalue weighted by Gasteiger charge is -1.99. The average molecular weight is 255 g/mol. The molecule has 0 radical (unpaired) electrons. The Morgan fingerprint density at radius 2 is 2.29 bits per heavy atom. The van der Waals surface area contributed by atoms with Crippen LogP contribution in [0.25, 0.3) is 11.5 Å². The van der Waals surface area contributed by atoms with Crippen LogP contribution in [0.15, 0.2) is 10.7 Å². The van der Waals surface area contributed by atoms with Crippen LogP contribution in [0.4, 0.5) is 0 Å². The van der Waals surface area contributed by atoms with E-state index in [2.05, 4.69) is 22.2 Å². The molecule has 0 saturated carbocycles. The van der Waals surface area contributed by atoms with Crippen molar-refractivity contribution in [3.8, 4) is 11.5 Å². The molecule has 1 atom stereocenters. The molecule has 0 aliphatic heterocycles. The van der Waals surface area contributed by atoms with Gasteiger partial charge in [-0.1, -0.05) is 18.5 Å². The summed E-state index contributed by atoms with van der Waals surface area (Å²) < 4.78 is 6.98. The van der Waals surface area contributed by atoms with Gasteiger partial charge in [0.05, 0.1) is 17.1 Å². The van der Waals surface area contributed by atoms with Gasteiger partial charge in [0.2, 0.25) is 0 Å². The molecule has 2 rings (SSSR count). The van der Waals surface area contributed by atoms with Gasteiger partial charge >= 0.3 is 0 Å². The molecule has 0 saturated heterocycles. The first-order valence-electron chi connectivity index (χ1n) is 5.60. The number of aromatic nitrogens is 4. The molecule has 0 aromatic carbocycles. The molecule has 0 fully saturated rings. The summed E-state index contributed by atoms with van der Waals surface area (Å²) in [4.78, 5) is 4.31. The largest absolute Gasteiger partial charge is 0.334 e. The summed E-state index contributed by atoms with van der Waals surface area (Å²) in [5, 5.41) is 7.86. The van der Waals surface area contributed by atoms with Crippen LogP contribution in [0.2, 0.25) is 0 Å². The van der Waals surface area contributed by atoms with Gasteiger partial charge in [0.15, 0.2) is 5.82 Å². The van der Waals surface area contributed by atoms with E-state index in [-0.39, 0.29) is 5.38 Å². The first-order valence-corrected chi connectivity index (χ1v) is 6.03. The Kier molecular flexibility index (Phi) is 3.47. The Labute approximate surface area is 105 Å². The molecule has 17 heavy (non-hydrogen) atoms. The minimum atomic E-state index is -0.186. The van der Waals surface area contributed by atoms with Crippen molar-refractivity contribution in [1.29, 1.82) is 0 Å². The zero-order chi connectivity index (χ0) is 12.4. The maximum atomic E-state index is 6.15. The van der Waals surface area contributed by atoms with Gasteiger partial charge in [-0.05, 0) is 13.3 Å². The van der Waals surface area contributed by atoms with Gasteiger partial charge in [-0.3, -0.25) is 4.68 Å². The minimum absolute atomic E-state index is 0.186. The number of hydrogen-bond donors (Lipinski definition) is 0. The first kappa shape index (κ1) is 12.1. The molecule has 6 heteroatoms. The highest BCUT2D eigenvalue weighted by Crippen LogP contribution is 2.26. The lowest BCUT2D eigenvalue weighted by atomic mass is 10.2. The highest BCUT2D eigenvalue weighted by molar-refractivity contribution is 6.20. The van der Waals surface area contributed by atoms with Crippen molar-refractivity contribution in [2.75, 3.05) is 0 Å². The zero-order valence-corrected chi connectivity index (χ0v) is 10.9. The molecule has 5 nitrogen and oxygen atoms in total. The van der Waals surface area contributed by atoms with Gasteiger partial charge in [-0.2, -0.15) is 10.1 Å². The monoisotopic (exact) mass is 254 g/mol. The smallest absolute Gasteiger partial charge is 0.261 e. The number of alkyl halides is 1. The molecule has 0 amide bonds. The molecule has 0 spiro atoms. The van der Waals surface area contributed by atoms with E-state index in [0.717, 1.165) is 24.1 Å². The molecule has 2 aromatic rings. The number of aryl methyl sites for hydroxylation is 1. The van der Waals surface area contributed by atoms with E-state index >= 15 is 0 Å². The normalized spacial score (nSPS) is 12.9. The highest BCUT2D eigenvalue weighted by Gasteiger charge is 2.18. The van der Waals surface area contributed by atoms with E-state index in [0.29, 0.717) is 11.7 Å². The quantitative estimate of drug-likeness (QED) is 0.788. The predicted molar refractivity (Wildman–Crippen MR) is 64.7 cm³/mol. The van der Waals surface area contributed by atoms with Gasteiger partial charge in [-0.25, -0.2) is 0 Å². The van der Waals surface area contributed by atoms with E-state index in [4.69, 9.17) is 16.1 Å². The number of hydrogen-bond acceptors (Lipinski definition) is 4. The van der Waals surface area contributed by atoms with Crippen LogP contribution in [0, 0.1) is 6.92 Å². The third kappa shape index (κ3) is 2.34. The van der Waals surface area contributed by atoms with E-state index < -0.39 is 0 Å². The second kappa shape index (κ2) is 4.87. The molecule has 0 N–H and O–H groups in total. The van der Waals surface area contributed by atoms with Crippen molar-refractivity contribution >= 4 is 11.6 Å². The van der Waals surface area contributed by atoms with Gasteiger partial charge < -0.3 is 4.52 Å². The summed E-state index contributed by atoms with van der Waals surface area (Å²) in [5.41, 5.74) is 1.84. The SMILES string of the molecule is CCCC(Cl)c1noc(-c2cnn(C)c2C)n1. The van der Waals surface area contributed by atoms with Crippen LogP contribution in [-0.2, 0) is 7.05 Å². The molecular formula is C11H15ClN4O. The zero-order valence-electron chi connectivity index (χ0n) is 10.1. The third-order valence-electron chi connectivity index (χ3n) is 2.73. The summed E-state index contributed by atoms with van der Waals surface area (Å²) >= 11 is 6.15. The maximum absolute atomic E-state index is 6.15. The Bertz CT molecular complexity index is 505. The maximum Gasteiger partial charge on any atom is 0.261 e. The van der Waals surface area contributed by atoms with Crippen LogP contribution in [-0.4, -0.2) is 19.9 Å². The first-order chi connectivity index (χ1) is 8.13. The Hall–Kier alpha value is -1.36. The van der Waals surface area contributed by atoms with Crippen LogP contribution in [0.5, 0.6) is 0 Å². The summed E-state index contributed by atoms with van der Waals surface area (Å²) in [7, 11) is 1.87. The standard InChI is InChI=1S/C11H15ClN4O/c1-4-5-9(12)10-14-11(17-15-10)8-6-13-16(3)7(8)2/h6,9H,4-5H2,1-3H3. The average Bonchev–Trinajstić information content (AvgIpc) is 2.88. The summed E-state index contributed by atoms with van der Waals surface area (Å²) in [5.74, 6) is 1.03. The molecule has 2 aromatic heterocycles. The summed E-state index contributed by atoms with van der Waals surface area (Å²) in [6, 6.07) is 0. The number of nitrogens with zero attached hydrogens (tertiary/aromatic N) is 4. The molecule has 1 unspecified atom stereocenters. The molecule has 2 heterocycles. The van der Waals surface area contributed by atoms with Crippen molar-refractivity contribution in [3.05, 3.63) is 17.7 Å². The van der Waals surface area contributed by atoms with Crippen LogP contribution >= 0.6 is 11.6 Å². The molecule has 0 bridgehead atoms. The van der Waals surface area contributed by atoms with E-state index in [1.165, 1.54) is 0 Å². The molecule has 0 aliphatic rings. The second-order valence-electron chi connectivity index (χ2n) is 3.98. The lowest BCUT2D eigenvalue weighted by Crippen LogP contribution is -1.93. The third-order valence-corrected chi connectivity index (χ3v) is 3.14. The van der Waals surface area contributed by atoms with Crippen molar-refractivity contribution in [2.24, 2.45) is 7.05 Å². The molecule has 0 aliphatic carbocycles.